The van der Waals surface area contributed by atoms with Gasteiger partial charge in [0.25, 0.3) is 0 Å². The molecule has 0 bridgehead atoms. The van der Waals surface area contributed by atoms with Crippen LogP contribution in [0.2, 0.25) is 0 Å². The molecule has 15 heavy (non-hydrogen) atoms. The van der Waals surface area contributed by atoms with E-state index in [0.717, 1.165) is 6.20 Å². The number of aromatic amines is 1. The molecule has 2 aromatic heterocycles. The summed E-state index contributed by atoms with van der Waals surface area (Å²) in [6, 6.07) is 2.63. The van der Waals surface area contributed by atoms with Crippen molar-refractivity contribution in [1.82, 2.24) is 15.2 Å². The second-order valence-electron chi connectivity index (χ2n) is 2.80. The van der Waals surface area contributed by atoms with E-state index >= 15 is 0 Å². The molecule has 0 radical (unpaired) electrons. The predicted octanol–water partition coefficient (Wildman–Crippen LogP) is 1.31. The van der Waals surface area contributed by atoms with Crippen molar-refractivity contribution >= 4 is 5.97 Å². The fraction of sp³-hybridized carbons (Fsp3) is 0. The number of aromatic carboxylic acids is 1. The Bertz CT molecular complexity index is 510. The highest BCUT2D eigenvalue weighted by molar-refractivity contribution is 5.93. The molecule has 2 N–H and O–H groups in total. The lowest BCUT2D eigenvalue weighted by molar-refractivity contribution is 0.0698. The minimum Gasteiger partial charge on any atom is -0.478 e. The fourth-order valence-corrected chi connectivity index (χ4v) is 1.20. The van der Waals surface area contributed by atoms with Crippen molar-refractivity contribution in [3.63, 3.8) is 0 Å². The molecule has 2 heterocycles. The molecule has 0 aromatic carbocycles. The van der Waals surface area contributed by atoms with Gasteiger partial charge < -0.3 is 5.11 Å². The van der Waals surface area contributed by atoms with Crippen molar-refractivity contribution in [2.45, 2.75) is 0 Å². The van der Waals surface area contributed by atoms with Crippen molar-refractivity contribution in [2.75, 3.05) is 0 Å². The van der Waals surface area contributed by atoms with E-state index in [4.69, 9.17) is 5.11 Å². The van der Waals surface area contributed by atoms with Crippen LogP contribution in [0.25, 0.3) is 11.4 Å². The summed E-state index contributed by atoms with van der Waals surface area (Å²) in [5.74, 6) is -1.77. The number of rotatable bonds is 2. The van der Waals surface area contributed by atoms with Gasteiger partial charge in [0, 0.05) is 6.20 Å². The number of carboxylic acid groups (broad SMARTS) is 1. The van der Waals surface area contributed by atoms with Crippen LogP contribution in [0.15, 0.2) is 24.5 Å². The van der Waals surface area contributed by atoms with Crippen LogP contribution in [0.3, 0.4) is 0 Å². The van der Waals surface area contributed by atoms with Crippen LogP contribution >= 0.6 is 0 Å². The Morgan fingerprint density at radius 2 is 2.33 bits per heavy atom. The van der Waals surface area contributed by atoms with E-state index < -0.39 is 11.8 Å². The molecule has 5 nitrogen and oxygen atoms in total. The van der Waals surface area contributed by atoms with E-state index in [-0.39, 0.29) is 17.0 Å². The molecule has 0 aliphatic heterocycles. The van der Waals surface area contributed by atoms with Crippen molar-refractivity contribution in [1.29, 1.82) is 0 Å². The second kappa shape index (κ2) is 3.49. The summed E-state index contributed by atoms with van der Waals surface area (Å²) in [6.07, 6.45) is 2.50. The maximum absolute atomic E-state index is 13.3. The summed E-state index contributed by atoms with van der Waals surface area (Å²) in [4.78, 5) is 14.5. The molecular weight excluding hydrogens is 201 g/mol. The van der Waals surface area contributed by atoms with E-state index in [2.05, 4.69) is 15.2 Å². The Hall–Kier alpha value is -2.24. The zero-order valence-electron chi connectivity index (χ0n) is 7.44. The van der Waals surface area contributed by atoms with Gasteiger partial charge in [0.2, 0.25) is 0 Å². The number of carboxylic acids is 1. The van der Waals surface area contributed by atoms with Gasteiger partial charge in [0.15, 0.2) is 5.82 Å². The summed E-state index contributed by atoms with van der Waals surface area (Å²) < 4.78 is 13.3. The maximum Gasteiger partial charge on any atom is 0.339 e. The third-order valence-corrected chi connectivity index (χ3v) is 1.87. The molecule has 0 saturated carbocycles. The standard InChI is InChI=1S/C9H6FN3O2/c10-6-2-1-3-11-8(6)7-5(9(14)15)4-12-13-7/h1-4H,(H,12,13)(H,14,15). The fourth-order valence-electron chi connectivity index (χ4n) is 1.20. The van der Waals surface area contributed by atoms with Crippen LogP contribution in [0, 0.1) is 5.82 Å². The van der Waals surface area contributed by atoms with Crippen molar-refractivity contribution < 1.29 is 14.3 Å². The molecule has 0 unspecified atom stereocenters. The quantitative estimate of drug-likeness (QED) is 0.778. The normalized spacial score (nSPS) is 10.2. The van der Waals surface area contributed by atoms with E-state index in [9.17, 15) is 9.18 Å². The van der Waals surface area contributed by atoms with Crippen LogP contribution in [0.4, 0.5) is 4.39 Å². The molecule has 0 saturated heterocycles. The topological polar surface area (TPSA) is 78.9 Å². The molecule has 2 aromatic rings. The molecule has 2 rings (SSSR count). The molecule has 6 heteroatoms. The molecular formula is C9H6FN3O2. The Kier molecular flexibility index (Phi) is 2.17. The first kappa shape index (κ1) is 9.32. The number of pyridine rings is 1. The lowest BCUT2D eigenvalue weighted by atomic mass is 10.2. The monoisotopic (exact) mass is 207 g/mol. The van der Waals surface area contributed by atoms with E-state index in [1.54, 1.807) is 0 Å². The molecule has 0 amide bonds. The van der Waals surface area contributed by atoms with E-state index in [1.807, 2.05) is 0 Å². The van der Waals surface area contributed by atoms with Gasteiger partial charge in [-0.15, -0.1) is 0 Å². The van der Waals surface area contributed by atoms with Crippen LogP contribution < -0.4 is 0 Å². The molecule has 0 fully saturated rings. The molecule has 0 atom stereocenters. The van der Waals surface area contributed by atoms with Crippen LogP contribution in [-0.2, 0) is 0 Å². The number of halogens is 1. The summed E-state index contributed by atoms with van der Waals surface area (Å²) >= 11 is 0. The van der Waals surface area contributed by atoms with Crippen molar-refractivity contribution in [3.8, 4) is 11.4 Å². The van der Waals surface area contributed by atoms with Gasteiger partial charge in [-0.2, -0.15) is 5.10 Å². The number of hydrogen-bond donors (Lipinski definition) is 2. The first-order chi connectivity index (χ1) is 7.20. The first-order valence-electron chi connectivity index (χ1n) is 4.07. The summed E-state index contributed by atoms with van der Waals surface area (Å²) in [6.45, 7) is 0. The summed E-state index contributed by atoms with van der Waals surface area (Å²) in [7, 11) is 0. The number of nitrogens with zero attached hydrogens (tertiary/aromatic N) is 2. The van der Waals surface area contributed by atoms with Crippen molar-refractivity contribution in [2.24, 2.45) is 0 Å². The van der Waals surface area contributed by atoms with Gasteiger partial charge in [-0.3, -0.25) is 10.1 Å². The zero-order chi connectivity index (χ0) is 10.8. The minimum absolute atomic E-state index is 0.0487. The average Bonchev–Trinajstić information content (AvgIpc) is 2.67. The number of carbonyl (C=O) groups is 1. The molecule has 0 aliphatic carbocycles. The lowest BCUT2D eigenvalue weighted by Crippen LogP contribution is -1.99. The first-order valence-corrected chi connectivity index (χ1v) is 4.07. The van der Waals surface area contributed by atoms with Crippen molar-refractivity contribution in [3.05, 3.63) is 35.9 Å². The number of nitrogens with one attached hydrogen (secondary N) is 1. The SMILES string of the molecule is O=C(O)c1cn[nH]c1-c1ncccc1F. The highest BCUT2D eigenvalue weighted by atomic mass is 19.1. The van der Waals surface area contributed by atoms with Crippen LogP contribution in [0.1, 0.15) is 10.4 Å². The van der Waals surface area contributed by atoms with Gasteiger partial charge in [-0.1, -0.05) is 0 Å². The molecule has 0 spiro atoms. The van der Waals surface area contributed by atoms with Crippen LogP contribution in [0.5, 0.6) is 0 Å². The second-order valence-corrected chi connectivity index (χ2v) is 2.80. The minimum atomic E-state index is -1.18. The molecule has 0 aliphatic rings. The Morgan fingerprint density at radius 1 is 1.53 bits per heavy atom. The number of hydrogen-bond acceptors (Lipinski definition) is 3. The van der Waals surface area contributed by atoms with Crippen LogP contribution in [-0.4, -0.2) is 26.3 Å². The van der Waals surface area contributed by atoms with Gasteiger partial charge >= 0.3 is 5.97 Å². The van der Waals surface area contributed by atoms with Gasteiger partial charge in [0.05, 0.1) is 6.20 Å². The Balaban J connectivity index is 2.59. The van der Waals surface area contributed by atoms with Gasteiger partial charge in [-0.25, -0.2) is 9.18 Å². The van der Waals surface area contributed by atoms with Gasteiger partial charge in [-0.05, 0) is 12.1 Å². The highest BCUT2D eigenvalue weighted by Crippen LogP contribution is 2.21. The van der Waals surface area contributed by atoms with E-state index in [1.165, 1.54) is 18.3 Å². The smallest absolute Gasteiger partial charge is 0.339 e. The maximum atomic E-state index is 13.3. The Morgan fingerprint density at radius 3 is 3.00 bits per heavy atom. The Labute approximate surface area is 83.6 Å². The highest BCUT2D eigenvalue weighted by Gasteiger charge is 2.17. The predicted molar refractivity (Wildman–Crippen MR) is 48.7 cm³/mol. The third-order valence-electron chi connectivity index (χ3n) is 1.87. The lowest BCUT2D eigenvalue weighted by Gasteiger charge is -1.99. The molecule has 76 valence electrons. The zero-order valence-corrected chi connectivity index (χ0v) is 7.44. The summed E-state index contributed by atoms with van der Waals surface area (Å²) in [5.41, 5.74) is -0.0828. The number of H-pyrrole nitrogens is 1. The largest absolute Gasteiger partial charge is 0.478 e. The van der Waals surface area contributed by atoms with E-state index in [0.29, 0.717) is 0 Å². The van der Waals surface area contributed by atoms with Gasteiger partial charge in [0.1, 0.15) is 17.0 Å². The number of aromatic nitrogens is 3. The third kappa shape index (κ3) is 1.56. The summed E-state index contributed by atoms with van der Waals surface area (Å²) in [5, 5.41) is 14.8. The average molecular weight is 207 g/mol.